The molecule has 6 nitrogen and oxygen atoms in total. The summed E-state index contributed by atoms with van der Waals surface area (Å²) in [6.45, 7) is 4.75. The molecule has 3 heterocycles. The van der Waals surface area contributed by atoms with Crippen LogP contribution in [0.3, 0.4) is 0 Å². The van der Waals surface area contributed by atoms with Gasteiger partial charge in [-0.2, -0.15) is 0 Å². The fraction of sp³-hybridized carbons (Fsp3) is 0.269. The summed E-state index contributed by atoms with van der Waals surface area (Å²) in [5, 5.41) is 4.01. The van der Waals surface area contributed by atoms with Gasteiger partial charge in [-0.25, -0.2) is 14.4 Å². The average molecular weight is 444 g/mol. The third kappa shape index (κ3) is 4.78. The summed E-state index contributed by atoms with van der Waals surface area (Å²) >= 11 is 0. The van der Waals surface area contributed by atoms with Gasteiger partial charge in [-0.05, 0) is 86.3 Å². The van der Waals surface area contributed by atoms with Crippen molar-refractivity contribution in [2.75, 3.05) is 18.4 Å². The quantitative estimate of drug-likeness (QED) is 0.453. The van der Waals surface area contributed by atoms with Crippen molar-refractivity contribution >= 4 is 22.5 Å². The topological polar surface area (TPSA) is 73.9 Å². The molecule has 168 valence electrons. The summed E-state index contributed by atoms with van der Waals surface area (Å²) in [7, 11) is 0. The zero-order valence-corrected chi connectivity index (χ0v) is 18.5. The number of fused-ring (bicyclic) bond motifs is 1. The van der Waals surface area contributed by atoms with E-state index in [0.717, 1.165) is 38.3 Å². The number of benzene rings is 2. The third-order valence-corrected chi connectivity index (χ3v) is 6.32. The molecule has 1 aliphatic heterocycles. The highest BCUT2D eigenvalue weighted by Crippen LogP contribution is 2.27. The lowest BCUT2D eigenvalue weighted by atomic mass is 9.95. The second-order valence-corrected chi connectivity index (χ2v) is 8.64. The van der Waals surface area contributed by atoms with Crippen molar-refractivity contribution in [1.82, 2.24) is 19.9 Å². The Labute approximate surface area is 191 Å². The fourth-order valence-electron chi connectivity index (χ4n) is 4.44. The Bertz CT molecular complexity index is 1280. The van der Waals surface area contributed by atoms with Gasteiger partial charge in [-0.15, -0.1) is 0 Å². The molecule has 5 rings (SSSR count). The van der Waals surface area contributed by atoms with Crippen LogP contribution in [0.2, 0.25) is 0 Å². The van der Waals surface area contributed by atoms with Crippen molar-refractivity contribution in [1.29, 1.82) is 0 Å². The molecule has 0 unspecified atom stereocenters. The van der Waals surface area contributed by atoms with Crippen molar-refractivity contribution in [3.8, 4) is 0 Å². The molecule has 2 aromatic heterocycles. The van der Waals surface area contributed by atoms with Gasteiger partial charge < -0.3 is 10.3 Å². The molecule has 2 aromatic carbocycles. The van der Waals surface area contributed by atoms with Gasteiger partial charge in [-0.1, -0.05) is 6.07 Å². The van der Waals surface area contributed by atoms with Gasteiger partial charge in [0.25, 0.3) is 5.91 Å². The first-order valence-corrected chi connectivity index (χ1v) is 11.2. The molecule has 1 fully saturated rings. The number of piperidine rings is 1. The molecule has 0 spiro atoms. The smallest absolute Gasteiger partial charge is 0.259 e. The summed E-state index contributed by atoms with van der Waals surface area (Å²) < 4.78 is 13.1. The third-order valence-electron chi connectivity index (χ3n) is 6.32. The van der Waals surface area contributed by atoms with Gasteiger partial charge in [0.05, 0.1) is 11.3 Å². The zero-order chi connectivity index (χ0) is 22.8. The monoisotopic (exact) mass is 443 g/mol. The van der Waals surface area contributed by atoms with Gasteiger partial charge in [0.2, 0.25) is 0 Å². The summed E-state index contributed by atoms with van der Waals surface area (Å²) in [5.41, 5.74) is 4.11. The van der Waals surface area contributed by atoms with Gasteiger partial charge >= 0.3 is 0 Å². The van der Waals surface area contributed by atoms with Crippen LogP contribution in [0.15, 0.2) is 60.9 Å². The number of halogens is 1. The van der Waals surface area contributed by atoms with Crippen LogP contribution in [0.4, 0.5) is 10.1 Å². The van der Waals surface area contributed by atoms with Crippen molar-refractivity contribution in [3.05, 3.63) is 89.4 Å². The number of hydrogen-bond acceptors (Lipinski definition) is 4. The summed E-state index contributed by atoms with van der Waals surface area (Å²) in [5.74, 6) is 0.463. The Kier molecular flexibility index (Phi) is 5.88. The van der Waals surface area contributed by atoms with Crippen molar-refractivity contribution in [2.45, 2.75) is 32.2 Å². The number of rotatable bonds is 5. The van der Waals surface area contributed by atoms with E-state index in [1.165, 1.54) is 40.7 Å². The maximum Gasteiger partial charge on any atom is 0.259 e. The second kappa shape index (κ2) is 9.11. The molecular weight excluding hydrogens is 417 g/mol. The lowest BCUT2D eigenvalue weighted by molar-refractivity contribution is 0.102. The summed E-state index contributed by atoms with van der Waals surface area (Å²) in [6.07, 6.45) is 5.56. The molecule has 7 heteroatoms. The first-order valence-electron chi connectivity index (χ1n) is 11.2. The maximum atomic E-state index is 13.1. The zero-order valence-electron chi connectivity index (χ0n) is 18.5. The molecular formula is C26H26FN5O. The van der Waals surface area contributed by atoms with E-state index >= 15 is 0 Å². The minimum Gasteiger partial charge on any atom is -0.361 e. The van der Waals surface area contributed by atoms with Crippen molar-refractivity contribution < 1.29 is 9.18 Å². The number of carbonyl (C=O) groups excluding carboxylic acids is 1. The number of H-pyrrole nitrogens is 1. The Morgan fingerprint density at radius 2 is 1.94 bits per heavy atom. The number of carbonyl (C=O) groups is 1. The number of amides is 1. The summed E-state index contributed by atoms with van der Waals surface area (Å²) in [6, 6.07) is 14.4. The number of hydrogen-bond donors (Lipinski definition) is 2. The SMILES string of the molecule is Cc1nc(C2CCN(Cc3ccc4[nH]ccc4c3)CC2)ncc1C(=O)Nc1ccc(F)cc1. The molecule has 4 aromatic rings. The number of nitrogens with zero attached hydrogens (tertiary/aromatic N) is 3. The van der Waals surface area contributed by atoms with Gasteiger partial charge in [0.15, 0.2) is 0 Å². The van der Waals surface area contributed by atoms with E-state index in [1.54, 1.807) is 6.20 Å². The van der Waals surface area contributed by atoms with Crippen LogP contribution in [-0.2, 0) is 6.54 Å². The first-order chi connectivity index (χ1) is 16.0. The van der Waals surface area contributed by atoms with E-state index in [2.05, 4.69) is 49.4 Å². The standard InChI is InChI=1S/C26H26FN5O/c1-17-23(26(33)31-22-5-3-21(27)4-6-22)15-29-25(30-17)19-9-12-32(13-10-19)16-18-2-7-24-20(14-18)8-11-28-24/h2-8,11,14-15,19,28H,9-10,12-13,16H2,1H3,(H,31,33). The van der Waals surface area contributed by atoms with Crippen LogP contribution in [-0.4, -0.2) is 38.8 Å². The molecule has 0 bridgehead atoms. The predicted molar refractivity (Wildman–Crippen MR) is 127 cm³/mol. The minimum absolute atomic E-state index is 0.292. The van der Waals surface area contributed by atoms with Crippen LogP contribution in [0.25, 0.3) is 10.9 Å². The van der Waals surface area contributed by atoms with Crippen molar-refractivity contribution in [2.24, 2.45) is 0 Å². The van der Waals surface area contributed by atoms with Crippen LogP contribution < -0.4 is 5.32 Å². The van der Waals surface area contributed by atoms with Crippen LogP contribution in [0.5, 0.6) is 0 Å². The minimum atomic E-state index is -0.343. The second-order valence-electron chi connectivity index (χ2n) is 8.64. The normalized spacial score (nSPS) is 15.1. The first kappa shape index (κ1) is 21.3. The number of likely N-dealkylation sites (tertiary alicyclic amines) is 1. The molecule has 0 radical (unpaired) electrons. The molecule has 33 heavy (non-hydrogen) atoms. The van der Waals surface area contributed by atoms with Gasteiger partial charge in [-0.3, -0.25) is 9.69 Å². The van der Waals surface area contributed by atoms with Gasteiger partial charge in [0, 0.05) is 36.1 Å². The van der Waals surface area contributed by atoms with Crippen LogP contribution in [0, 0.1) is 12.7 Å². The largest absolute Gasteiger partial charge is 0.361 e. The van der Waals surface area contributed by atoms with E-state index in [0.29, 0.717) is 22.9 Å². The predicted octanol–water partition coefficient (Wildman–Crippen LogP) is 5.04. The molecule has 1 aliphatic rings. The average Bonchev–Trinajstić information content (AvgIpc) is 3.29. The van der Waals surface area contributed by atoms with E-state index in [-0.39, 0.29) is 11.7 Å². The van der Waals surface area contributed by atoms with Crippen LogP contribution in [0.1, 0.15) is 46.2 Å². The lowest BCUT2D eigenvalue weighted by Gasteiger charge is -2.31. The number of aromatic nitrogens is 3. The summed E-state index contributed by atoms with van der Waals surface area (Å²) in [4.78, 5) is 27.5. The highest BCUT2D eigenvalue weighted by Gasteiger charge is 2.24. The highest BCUT2D eigenvalue weighted by atomic mass is 19.1. The number of anilines is 1. The van der Waals surface area contributed by atoms with E-state index in [1.807, 2.05) is 13.1 Å². The highest BCUT2D eigenvalue weighted by molar-refractivity contribution is 6.04. The maximum absolute atomic E-state index is 13.1. The molecule has 1 amide bonds. The lowest BCUT2D eigenvalue weighted by Crippen LogP contribution is -2.33. The fourth-order valence-corrected chi connectivity index (χ4v) is 4.44. The van der Waals surface area contributed by atoms with E-state index < -0.39 is 0 Å². The number of nitrogens with one attached hydrogen (secondary N) is 2. The van der Waals surface area contributed by atoms with E-state index in [9.17, 15) is 9.18 Å². The number of aromatic amines is 1. The van der Waals surface area contributed by atoms with Gasteiger partial charge in [0.1, 0.15) is 11.6 Å². The Hall–Kier alpha value is -3.58. The van der Waals surface area contributed by atoms with E-state index in [4.69, 9.17) is 0 Å². The molecule has 0 atom stereocenters. The molecule has 2 N–H and O–H groups in total. The molecule has 0 aliphatic carbocycles. The molecule has 1 saturated heterocycles. The number of aryl methyl sites for hydroxylation is 1. The Morgan fingerprint density at radius 1 is 1.15 bits per heavy atom. The Balaban J connectivity index is 1.19. The van der Waals surface area contributed by atoms with Crippen molar-refractivity contribution in [3.63, 3.8) is 0 Å². The van der Waals surface area contributed by atoms with Crippen LogP contribution >= 0.6 is 0 Å². The molecule has 0 saturated carbocycles. The Morgan fingerprint density at radius 3 is 2.70 bits per heavy atom.